The molecule has 0 saturated carbocycles. The highest BCUT2D eigenvalue weighted by molar-refractivity contribution is 5.28. The molecule has 0 radical (unpaired) electrons. The average Bonchev–Trinajstić information content (AvgIpc) is 2.15. The molecule has 0 N–H and O–H groups in total. The summed E-state index contributed by atoms with van der Waals surface area (Å²) in [6.07, 6.45) is 6.13. The molecule has 1 saturated heterocycles. The highest BCUT2D eigenvalue weighted by Crippen LogP contribution is 2.28. The number of hydrogen-bond acceptors (Lipinski definition) is 1. The summed E-state index contributed by atoms with van der Waals surface area (Å²) in [6.45, 7) is 6.41. The first-order valence-electron chi connectivity index (χ1n) is 2.99. The van der Waals surface area contributed by atoms with Crippen molar-refractivity contribution in [1.82, 2.24) is 0 Å². The van der Waals surface area contributed by atoms with Gasteiger partial charge in [0.1, 0.15) is 5.60 Å². The van der Waals surface area contributed by atoms with E-state index in [0.717, 1.165) is 18.6 Å². The van der Waals surface area contributed by atoms with Crippen LogP contribution < -0.4 is 0 Å². The van der Waals surface area contributed by atoms with Gasteiger partial charge in [-0.05, 0) is 18.9 Å². The fraction of sp³-hybridized carbons (Fsp3) is 0.500. The lowest BCUT2D eigenvalue weighted by Gasteiger charge is -2.15. The minimum atomic E-state index is -0.472. The van der Waals surface area contributed by atoms with E-state index in [2.05, 4.69) is 12.5 Å². The largest absolute Gasteiger partial charge is 0.358 e. The van der Waals surface area contributed by atoms with Crippen LogP contribution in [0, 0.1) is 12.3 Å². The summed E-state index contributed by atoms with van der Waals surface area (Å²) in [5, 5.41) is 0. The lowest BCUT2D eigenvalue weighted by atomic mass is 9.99. The van der Waals surface area contributed by atoms with Crippen molar-refractivity contribution in [3.63, 3.8) is 0 Å². The second-order valence-electron chi connectivity index (χ2n) is 2.38. The van der Waals surface area contributed by atoms with Crippen molar-refractivity contribution in [1.29, 1.82) is 0 Å². The monoisotopic (exact) mass is 122 g/mol. The zero-order valence-corrected chi connectivity index (χ0v) is 5.61. The molecular formula is C8H10O. The minimum absolute atomic E-state index is 0.472. The summed E-state index contributed by atoms with van der Waals surface area (Å²) in [5.74, 6) is 2.57. The van der Waals surface area contributed by atoms with Crippen LogP contribution in [0.15, 0.2) is 12.2 Å². The van der Waals surface area contributed by atoms with E-state index in [1.165, 1.54) is 0 Å². The van der Waals surface area contributed by atoms with Gasteiger partial charge in [0.25, 0.3) is 0 Å². The molecule has 0 bridgehead atoms. The zero-order valence-electron chi connectivity index (χ0n) is 5.61. The van der Waals surface area contributed by atoms with Gasteiger partial charge in [0, 0.05) is 0 Å². The van der Waals surface area contributed by atoms with E-state index in [9.17, 15) is 0 Å². The first-order valence-corrected chi connectivity index (χ1v) is 2.99. The van der Waals surface area contributed by atoms with E-state index in [0.29, 0.717) is 0 Å². The SMILES string of the molecule is C#CC1(C)OCCC1=C. The molecule has 0 aromatic heterocycles. The summed E-state index contributed by atoms with van der Waals surface area (Å²) < 4.78 is 5.27. The van der Waals surface area contributed by atoms with Gasteiger partial charge in [-0.1, -0.05) is 12.5 Å². The topological polar surface area (TPSA) is 9.23 Å². The van der Waals surface area contributed by atoms with Crippen LogP contribution in [0.5, 0.6) is 0 Å². The fourth-order valence-corrected chi connectivity index (χ4v) is 0.863. The molecule has 9 heavy (non-hydrogen) atoms. The van der Waals surface area contributed by atoms with Crippen LogP contribution in [-0.4, -0.2) is 12.2 Å². The van der Waals surface area contributed by atoms with Gasteiger partial charge in [-0.2, -0.15) is 0 Å². The van der Waals surface area contributed by atoms with Crippen LogP contribution in [0.4, 0.5) is 0 Å². The van der Waals surface area contributed by atoms with Crippen molar-refractivity contribution in [3.8, 4) is 12.3 Å². The minimum Gasteiger partial charge on any atom is -0.358 e. The molecule has 1 nitrogen and oxygen atoms in total. The van der Waals surface area contributed by atoms with Gasteiger partial charge in [0.05, 0.1) is 6.61 Å². The smallest absolute Gasteiger partial charge is 0.146 e. The number of ether oxygens (including phenoxy) is 1. The van der Waals surface area contributed by atoms with E-state index in [1.807, 2.05) is 6.92 Å². The molecule has 1 rings (SSSR count). The van der Waals surface area contributed by atoms with E-state index in [-0.39, 0.29) is 0 Å². The molecule has 0 aliphatic carbocycles. The highest BCUT2D eigenvalue weighted by Gasteiger charge is 2.30. The standard InChI is InChI=1S/C8H10O/c1-4-8(3)7(2)5-6-9-8/h1H,2,5-6H2,3H3. The third kappa shape index (κ3) is 0.863. The van der Waals surface area contributed by atoms with Crippen LogP contribution in [0.2, 0.25) is 0 Å². The Balaban J connectivity index is 2.82. The van der Waals surface area contributed by atoms with Gasteiger partial charge in [0.15, 0.2) is 0 Å². The van der Waals surface area contributed by atoms with Gasteiger partial charge >= 0.3 is 0 Å². The lowest BCUT2D eigenvalue weighted by Crippen LogP contribution is -2.21. The van der Waals surface area contributed by atoms with Gasteiger partial charge in [-0.25, -0.2) is 0 Å². The molecule has 1 heterocycles. The van der Waals surface area contributed by atoms with Crippen LogP contribution in [0.1, 0.15) is 13.3 Å². The highest BCUT2D eigenvalue weighted by atomic mass is 16.5. The maximum Gasteiger partial charge on any atom is 0.146 e. The lowest BCUT2D eigenvalue weighted by molar-refractivity contribution is 0.0862. The second kappa shape index (κ2) is 1.89. The zero-order chi connectivity index (χ0) is 6.91. The van der Waals surface area contributed by atoms with Crippen molar-refractivity contribution in [2.24, 2.45) is 0 Å². The molecule has 1 aliphatic heterocycles. The van der Waals surface area contributed by atoms with Crippen molar-refractivity contribution in [3.05, 3.63) is 12.2 Å². The van der Waals surface area contributed by atoms with Crippen LogP contribution >= 0.6 is 0 Å². The van der Waals surface area contributed by atoms with Crippen molar-refractivity contribution < 1.29 is 4.74 Å². The van der Waals surface area contributed by atoms with Crippen molar-refractivity contribution in [2.75, 3.05) is 6.61 Å². The Bertz CT molecular complexity index is 175. The Morgan fingerprint density at radius 3 is 2.78 bits per heavy atom. The third-order valence-corrected chi connectivity index (χ3v) is 1.74. The molecule has 1 heteroatoms. The Kier molecular flexibility index (Phi) is 1.34. The summed E-state index contributed by atoms with van der Waals surface area (Å²) in [6, 6.07) is 0. The van der Waals surface area contributed by atoms with E-state index < -0.39 is 5.60 Å². The van der Waals surface area contributed by atoms with Crippen molar-refractivity contribution >= 4 is 0 Å². The Morgan fingerprint density at radius 2 is 2.56 bits per heavy atom. The summed E-state index contributed by atoms with van der Waals surface area (Å²) in [5.41, 5.74) is 0.546. The van der Waals surface area contributed by atoms with Gasteiger partial charge in [-0.3, -0.25) is 0 Å². The molecule has 0 aromatic carbocycles. The molecule has 1 unspecified atom stereocenters. The maximum absolute atomic E-state index is 5.27. The van der Waals surface area contributed by atoms with Crippen LogP contribution in [-0.2, 0) is 4.74 Å². The average molecular weight is 122 g/mol. The summed E-state index contributed by atoms with van der Waals surface area (Å²) >= 11 is 0. The third-order valence-electron chi connectivity index (χ3n) is 1.74. The van der Waals surface area contributed by atoms with Gasteiger partial charge < -0.3 is 4.74 Å². The Labute approximate surface area is 55.7 Å². The summed E-state index contributed by atoms with van der Waals surface area (Å²) in [4.78, 5) is 0. The molecular weight excluding hydrogens is 112 g/mol. The fourth-order valence-electron chi connectivity index (χ4n) is 0.863. The molecule has 48 valence electrons. The number of hydrogen-bond donors (Lipinski definition) is 0. The van der Waals surface area contributed by atoms with E-state index in [4.69, 9.17) is 11.2 Å². The first kappa shape index (κ1) is 6.38. The predicted molar refractivity (Wildman–Crippen MR) is 36.9 cm³/mol. The van der Waals surface area contributed by atoms with Crippen LogP contribution in [0.25, 0.3) is 0 Å². The Morgan fingerprint density at radius 1 is 1.89 bits per heavy atom. The molecule has 1 fully saturated rings. The predicted octanol–water partition coefficient (Wildman–Crippen LogP) is 1.35. The van der Waals surface area contributed by atoms with Crippen molar-refractivity contribution in [2.45, 2.75) is 18.9 Å². The van der Waals surface area contributed by atoms with E-state index in [1.54, 1.807) is 0 Å². The van der Waals surface area contributed by atoms with Crippen LogP contribution in [0.3, 0.4) is 0 Å². The molecule has 0 spiro atoms. The quantitative estimate of drug-likeness (QED) is 0.348. The number of terminal acetylenes is 1. The summed E-state index contributed by atoms with van der Waals surface area (Å²) in [7, 11) is 0. The van der Waals surface area contributed by atoms with Gasteiger partial charge in [0.2, 0.25) is 0 Å². The Hall–Kier alpha value is -0.740. The van der Waals surface area contributed by atoms with E-state index >= 15 is 0 Å². The van der Waals surface area contributed by atoms with Gasteiger partial charge in [-0.15, -0.1) is 6.42 Å². The normalized spacial score (nSPS) is 34.4. The molecule has 0 aromatic rings. The maximum atomic E-state index is 5.27. The molecule has 1 atom stereocenters. The second-order valence-corrected chi connectivity index (χ2v) is 2.38. The first-order chi connectivity index (χ1) is 4.19. The molecule has 0 amide bonds. The molecule has 1 aliphatic rings. The number of rotatable bonds is 0.